The van der Waals surface area contributed by atoms with E-state index in [0.29, 0.717) is 12.8 Å². The molecule has 0 saturated carbocycles. The number of hydrogen-bond donors (Lipinski definition) is 5. The Morgan fingerprint density at radius 2 is 0.900 bits per heavy atom. The lowest BCUT2D eigenvalue weighted by Gasteiger charge is -2.25. The predicted molar refractivity (Wildman–Crippen MR) is 255 cm³/mol. The number of phosphoric acid groups is 1. The first-order valence-corrected chi connectivity index (χ1v) is 27.4. The Morgan fingerprint density at radius 1 is 0.550 bits per heavy atom. The van der Waals surface area contributed by atoms with Crippen LogP contribution in [0.3, 0.4) is 0 Å². The first-order valence-electron chi connectivity index (χ1n) is 25.9. The van der Waals surface area contributed by atoms with Gasteiger partial charge in [-0.15, -0.1) is 0 Å². The van der Waals surface area contributed by atoms with Crippen molar-refractivity contribution in [3.63, 3.8) is 0 Å². The molecule has 0 fully saturated rings. The van der Waals surface area contributed by atoms with E-state index in [0.717, 1.165) is 44.9 Å². The number of carbonyl (C=O) groups excluding carboxylic acids is 1. The number of aliphatic hydroxyl groups excluding tert-OH is 2. The summed E-state index contributed by atoms with van der Waals surface area (Å²) in [7, 11) is -4.38. The number of amides is 1. The van der Waals surface area contributed by atoms with Crippen LogP contribution in [0.4, 0.5) is 0 Å². The topological polar surface area (TPSA) is 151 Å². The van der Waals surface area contributed by atoms with Crippen LogP contribution in [0.25, 0.3) is 0 Å². The maximum Gasteiger partial charge on any atom is 0.472 e. The number of phosphoric ester groups is 1. The molecule has 4 atom stereocenters. The van der Waals surface area contributed by atoms with E-state index in [1.807, 2.05) is 0 Å². The van der Waals surface area contributed by atoms with Crippen molar-refractivity contribution in [2.75, 3.05) is 19.8 Å². The molecule has 0 aromatic carbocycles. The largest absolute Gasteiger partial charge is 0.472 e. The van der Waals surface area contributed by atoms with Gasteiger partial charge in [0.1, 0.15) is 0 Å². The summed E-state index contributed by atoms with van der Waals surface area (Å²) in [5.74, 6) is -0.413. The third-order valence-electron chi connectivity index (χ3n) is 11.9. The number of nitrogens with two attached hydrogens (primary N) is 1. The van der Waals surface area contributed by atoms with E-state index in [4.69, 9.17) is 14.8 Å². The van der Waals surface area contributed by atoms with Gasteiger partial charge in [-0.2, -0.15) is 0 Å². The Morgan fingerprint density at radius 3 is 1.28 bits per heavy atom. The van der Waals surface area contributed by atoms with E-state index in [-0.39, 0.29) is 26.2 Å². The first-order chi connectivity index (χ1) is 29.3. The number of rotatable bonds is 49. The van der Waals surface area contributed by atoms with Gasteiger partial charge in [-0.1, -0.05) is 231 Å². The number of hydrogen-bond acceptors (Lipinski definition) is 7. The Kier molecular flexibility index (Phi) is 45.6. The van der Waals surface area contributed by atoms with Crippen LogP contribution < -0.4 is 11.1 Å². The number of carbonyl (C=O) groups is 1. The SMILES string of the molecule is CCCCCCCCCCCC/C=C\CCCCCCCC(O)CC(=O)NC(COP(=O)(O)OCCN)C(O)CCCCCCCCCCCCCCCCCCCCC. The fourth-order valence-electron chi connectivity index (χ4n) is 8.00. The van der Waals surface area contributed by atoms with Gasteiger partial charge in [-0.3, -0.25) is 13.8 Å². The molecule has 6 N–H and O–H groups in total. The van der Waals surface area contributed by atoms with E-state index in [2.05, 4.69) is 31.3 Å². The summed E-state index contributed by atoms with van der Waals surface area (Å²) in [4.78, 5) is 22.9. The lowest BCUT2D eigenvalue weighted by Crippen LogP contribution is -2.47. The highest BCUT2D eigenvalue weighted by Gasteiger charge is 2.28. The van der Waals surface area contributed by atoms with Gasteiger partial charge in [0.05, 0.1) is 37.9 Å². The Balaban J connectivity index is 4.14. The van der Waals surface area contributed by atoms with Crippen LogP contribution in [0, 0.1) is 0 Å². The summed E-state index contributed by atoms with van der Waals surface area (Å²) in [6.45, 7) is 4.08. The molecule has 4 unspecified atom stereocenters. The van der Waals surface area contributed by atoms with Crippen LogP contribution >= 0.6 is 7.82 Å². The minimum Gasteiger partial charge on any atom is -0.393 e. The smallest absolute Gasteiger partial charge is 0.393 e. The van der Waals surface area contributed by atoms with Crippen molar-refractivity contribution in [3.8, 4) is 0 Å². The molecular weight excluding hydrogens is 772 g/mol. The fraction of sp³-hybridized carbons (Fsp3) is 0.940. The third-order valence-corrected chi connectivity index (χ3v) is 12.9. The maximum atomic E-state index is 12.9. The van der Waals surface area contributed by atoms with Crippen molar-refractivity contribution in [3.05, 3.63) is 12.2 Å². The molecule has 0 aromatic heterocycles. The number of aliphatic hydroxyl groups is 2. The van der Waals surface area contributed by atoms with Gasteiger partial charge in [0, 0.05) is 6.54 Å². The van der Waals surface area contributed by atoms with E-state index in [9.17, 15) is 24.5 Å². The highest BCUT2D eigenvalue weighted by Crippen LogP contribution is 2.43. The van der Waals surface area contributed by atoms with Crippen LogP contribution in [0.1, 0.15) is 264 Å². The quantitative estimate of drug-likeness (QED) is 0.0230. The van der Waals surface area contributed by atoms with E-state index >= 15 is 0 Å². The minimum absolute atomic E-state index is 0.0604. The minimum atomic E-state index is -4.38. The highest BCUT2D eigenvalue weighted by atomic mass is 31.2. The van der Waals surface area contributed by atoms with Crippen molar-refractivity contribution >= 4 is 13.7 Å². The van der Waals surface area contributed by atoms with Crippen LogP contribution in [0.5, 0.6) is 0 Å². The van der Waals surface area contributed by atoms with Crippen molar-refractivity contribution < 1.29 is 33.5 Å². The number of allylic oxidation sites excluding steroid dienone is 2. The second kappa shape index (κ2) is 46.2. The van der Waals surface area contributed by atoms with E-state index in [1.165, 1.54) is 186 Å². The van der Waals surface area contributed by atoms with Gasteiger partial charge < -0.3 is 26.2 Å². The monoisotopic (exact) mass is 873 g/mol. The summed E-state index contributed by atoms with van der Waals surface area (Å²) >= 11 is 0. The van der Waals surface area contributed by atoms with Crippen LogP contribution in [-0.4, -0.2) is 59.0 Å². The van der Waals surface area contributed by atoms with Crippen molar-refractivity contribution in [1.29, 1.82) is 0 Å². The van der Waals surface area contributed by atoms with Crippen LogP contribution in [0.15, 0.2) is 12.2 Å². The zero-order chi connectivity index (χ0) is 44.0. The average molecular weight is 873 g/mol. The van der Waals surface area contributed by atoms with Gasteiger partial charge in [0.25, 0.3) is 0 Å². The normalized spacial score (nSPS) is 14.4. The van der Waals surface area contributed by atoms with Crippen LogP contribution in [0.2, 0.25) is 0 Å². The standard InChI is InChI=1S/C50H101N2O7P/c1-3-5-7-9-11-13-15-17-19-21-23-25-27-29-31-33-35-37-39-41-47(53)45-50(55)52-48(46-59-60(56,57)58-44-43-51)49(54)42-40-38-36-34-32-30-28-26-24-22-20-18-16-14-12-10-8-6-4-2/h25,27,47-49,53-54H,3-24,26,28-46,51H2,1-2H3,(H,52,55)(H,56,57)/b27-25-. The summed E-state index contributed by atoms with van der Waals surface area (Å²) in [6.07, 6.45) is 49.7. The summed E-state index contributed by atoms with van der Waals surface area (Å²) in [5, 5.41) is 24.3. The third kappa shape index (κ3) is 43.8. The zero-order valence-corrected chi connectivity index (χ0v) is 40.5. The fourth-order valence-corrected chi connectivity index (χ4v) is 8.76. The lowest BCUT2D eigenvalue weighted by atomic mass is 10.0. The first kappa shape index (κ1) is 59.2. The van der Waals surface area contributed by atoms with Gasteiger partial charge >= 0.3 is 7.82 Å². The zero-order valence-electron chi connectivity index (χ0n) is 39.6. The molecule has 0 heterocycles. The molecule has 0 aromatic rings. The molecule has 0 spiro atoms. The van der Waals surface area contributed by atoms with Crippen molar-refractivity contribution in [2.45, 2.75) is 283 Å². The molecule has 0 aliphatic carbocycles. The van der Waals surface area contributed by atoms with Gasteiger partial charge in [0.15, 0.2) is 0 Å². The average Bonchev–Trinajstić information content (AvgIpc) is 3.23. The molecule has 0 bridgehead atoms. The molecule has 0 saturated heterocycles. The summed E-state index contributed by atoms with van der Waals surface area (Å²) < 4.78 is 22.2. The van der Waals surface area contributed by atoms with E-state index < -0.39 is 32.0 Å². The van der Waals surface area contributed by atoms with Gasteiger partial charge in [0.2, 0.25) is 5.91 Å². The molecule has 358 valence electrons. The molecule has 1 amide bonds. The Bertz CT molecular complexity index is 971. The molecule has 10 heteroatoms. The molecule has 0 aliphatic rings. The Labute approximate surface area is 371 Å². The number of nitrogens with one attached hydrogen (secondary N) is 1. The van der Waals surface area contributed by atoms with Gasteiger partial charge in [-0.25, -0.2) is 4.57 Å². The van der Waals surface area contributed by atoms with E-state index in [1.54, 1.807) is 0 Å². The summed E-state index contributed by atoms with van der Waals surface area (Å²) in [5.41, 5.74) is 5.39. The molecule has 9 nitrogen and oxygen atoms in total. The number of unbranched alkanes of at least 4 members (excludes halogenated alkanes) is 33. The maximum absolute atomic E-state index is 12.9. The molecule has 0 rings (SSSR count). The molecule has 0 aliphatic heterocycles. The second-order valence-electron chi connectivity index (χ2n) is 17.9. The van der Waals surface area contributed by atoms with Crippen molar-refractivity contribution in [2.24, 2.45) is 5.73 Å². The summed E-state index contributed by atoms with van der Waals surface area (Å²) in [6, 6.07) is -0.897. The highest BCUT2D eigenvalue weighted by molar-refractivity contribution is 7.47. The second-order valence-corrected chi connectivity index (χ2v) is 19.4. The molecule has 60 heavy (non-hydrogen) atoms. The lowest BCUT2D eigenvalue weighted by molar-refractivity contribution is -0.125. The molecular formula is C50H101N2O7P. The molecule has 0 radical (unpaired) electrons. The van der Waals surface area contributed by atoms with Crippen LogP contribution in [-0.2, 0) is 18.4 Å². The predicted octanol–water partition coefficient (Wildman–Crippen LogP) is 14.1. The van der Waals surface area contributed by atoms with Gasteiger partial charge in [-0.05, 0) is 38.5 Å². The Hall–Kier alpha value is -0.800. The van der Waals surface area contributed by atoms with Crippen molar-refractivity contribution in [1.82, 2.24) is 5.32 Å².